The fourth-order valence-corrected chi connectivity index (χ4v) is 2.00. The van der Waals surface area contributed by atoms with Crippen LogP contribution in [0.1, 0.15) is 17.5 Å². The van der Waals surface area contributed by atoms with Crippen LogP contribution in [0.3, 0.4) is 0 Å². The van der Waals surface area contributed by atoms with Crippen LogP contribution < -0.4 is 10.1 Å². The minimum Gasteiger partial charge on any atom is -0.490 e. The number of ether oxygens (including phenoxy) is 2. The van der Waals surface area contributed by atoms with E-state index in [-0.39, 0.29) is 13.2 Å². The predicted octanol–water partition coefficient (Wildman–Crippen LogP) is 1.03. The van der Waals surface area contributed by atoms with Crippen molar-refractivity contribution in [3.8, 4) is 5.75 Å². The summed E-state index contributed by atoms with van der Waals surface area (Å²) in [6.07, 6.45) is 0.312. The Hall–Kier alpha value is -1.14. The standard InChI is InChI=1S/C16H27NO4/c1-13-5-3-6-14(2)16(13)21-12-15(19)11-17-7-4-9-20-10-8-18/h3,5-6,15,17-19H,4,7-12H2,1-2H3. The molecule has 0 aliphatic heterocycles. The van der Waals surface area contributed by atoms with Gasteiger partial charge in [0.1, 0.15) is 18.5 Å². The molecule has 0 saturated carbocycles. The van der Waals surface area contributed by atoms with Gasteiger partial charge in [-0.05, 0) is 37.9 Å². The molecule has 0 saturated heterocycles. The molecule has 0 fully saturated rings. The Balaban J connectivity index is 2.12. The van der Waals surface area contributed by atoms with E-state index in [1.165, 1.54) is 0 Å². The molecular weight excluding hydrogens is 270 g/mol. The van der Waals surface area contributed by atoms with E-state index in [1.54, 1.807) is 0 Å². The first-order valence-electron chi connectivity index (χ1n) is 7.41. The van der Waals surface area contributed by atoms with Crippen molar-refractivity contribution in [2.24, 2.45) is 0 Å². The molecule has 1 aromatic rings. The van der Waals surface area contributed by atoms with E-state index >= 15 is 0 Å². The number of rotatable bonds is 11. The molecule has 120 valence electrons. The molecule has 5 heteroatoms. The maximum Gasteiger partial charge on any atom is 0.125 e. The minimum atomic E-state index is -0.539. The van der Waals surface area contributed by atoms with Crippen LogP contribution in [-0.2, 0) is 4.74 Å². The summed E-state index contributed by atoms with van der Waals surface area (Å²) >= 11 is 0. The van der Waals surface area contributed by atoms with E-state index in [0.717, 1.165) is 29.8 Å². The van der Waals surface area contributed by atoms with E-state index in [0.29, 0.717) is 19.8 Å². The van der Waals surface area contributed by atoms with Gasteiger partial charge in [0.2, 0.25) is 0 Å². The number of hydrogen-bond acceptors (Lipinski definition) is 5. The molecule has 0 aliphatic rings. The van der Waals surface area contributed by atoms with Crippen molar-refractivity contribution in [2.75, 3.05) is 39.5 Å². The second-order valence-corrected chi connectivity index (χ2v) is 5.08. The fraction of sp³-hybridized carbons (Fsp3) is 0.625. The van der Waals surface area contributed by atoms with Gasteiger partial charge < -0.3 is 25.0 Å². The third-order valence-corrected chi connectivity index (χ3v) is 3.09. The lowest BCUT2D eigenvalue weighted by Crippen LogP contribution is -2.32. The molecule has 0 aliphatic carbocycles. The molecule has 0 radical (unpaired) electrons. The first-order valence-corrected chi connectivity index (χ1v) is 7.41. The Morgan fingerprint density at radius 3 is 2.57 bits per heavy atom. The molecule has 0 heterocycles. The molecule has 1 rings (SSSR count). The largest absolute Gasteiger partial charge is 0.490 e. The van der Waals surface area contributed by atoms with Gasteiger partial charge in [-0.25, -0.2) is 0 Å². The minimum absolute atomic E-state index is 0.0573. The third-order valence-electron chi connectivity index (χ3n) is 3.09. The van der Waals surface area contributed by atoms with Crippen LogP contribution in [0.25, 0.3) is 0 Å². The number of hydrogen-bond donors (Lipinski definition) is 3. The van der Waals surface area contributed by atoms with Crippen molar-refractivity contribution < 1.29 is 19.7 Å². The maximum atomic E-state index is 9.88. The van der Waals surface area contributed by atoms with Crippen LogP contribution in [0.4, 0.5) is 0 Å². The highest BCUT2D eigenvalue weighted by Gasteiger charge is 2.08. The van der Waals surface area contributed by atoms with Crippen molar-refractivity contribution in [3.63, 3.8) is 0 Å². The van der Waals surface area contributed by atoms with Crippen LogP contribution >= 0.6 is 0 Å². The fourth-order valence-electron chi connectivity index (χ4n) is 2.00. The second-order valence-electron chi connectivity index (χ2n) is 5.08. The summed E-state index contributed by atoms with van der Waals surface area (Å²) in [6, 6.07) is 5.99. The van der Waals surface area contributed by atoms with E-state index in [2.05, 4.69) is 5.32 Å². The second kappa shape index (κ2) is 10.6. The molecule has 1 unspecified atom stereocenters. The summed E-state index contributed by atoms with van der Waals surface area (Å²) < 4.78 is 10.8. The number of aliphatic hydroxyl groups is 2. The molecular formula is C16H27NO4. The van der Waals surface area contributed by atoms with Gasteiger partial charge in [0.15, 0.2) is 0 Å². The number of benzene rings is 1. The number of aryl methyl sites for hydroxylation is 2. The van der Waals surface area contributed by atoms with Gasteiger partial charge in [-0.15, -0.1) is 0 Å². The van der Waals surface area contributed by atoms with Crippen molar-refractivity contribution in [3.05, 3.63) is 29.3 Å². The highest BCUT2D eigenvalue weighted by molar-refractivity contribution is 5.39. The van der Waals surface area contributed by atoms with Crippen LogP contribution in [-0.4, -0.2) is 55.8 Å². The lowest BCUT2D eigenvalue weighted by molar-refractivity contribution is 0.0874. The van der Waals surface area contributed by atoms with Gasteiger partial charge in [-0.2, -0.15) is 0 Å². The zero-order chi connectivity index (χ0) is 15.5. The van der Waals surface area contributed by atoms with Gasteiger partial charge in [-0.3, -0.25) is 0 Å². The zero-order valence-corrected chi connectivity index (χ0v) is 13.0. The smallest absolute Gasteiger partial charge is 0.125 e. The lowest BCUT2D eigenvalue weighted by atomic mass is 10.1. The first-order chi connectivity index (χ1) is 10.1. The Labute approximate surface area is 126 Å². The first kappa shape index (κ1) is 17.9. The molecule has 0 amide bonds. The molecule has 0 aromatic heterocycles. The zero-order valence-electron chi connectivity index (χ0n) is 13.0. The van der Waals surface area contributed by atoms with Crippen LogP contribution in [0.2, 0.25) is 0 Å². The quantitative estimate of drug-likeness (QED) is 0.532. The van der Waals surface area contributed by atoms with Gasteiger partial charge in [0.05, 0.1) is 13.2 Å². The van der Waals surface area contributed by atoms with Gasteiger partial charge in [0.25, 0.3) is 0 Å². The van der Waals surface area contributed by atoms with Crippen LogP contribution in [0, 0.1) is 13.8 Å². The molecule has 21 heavy (non-hydrogen) atoms. The summed E-state index contributed by atoms with van der Waals surface area (Å²) in [5, 5.41) is 21.6. The molecule has 5 nitrogen and oxygen atoms in total. The normalized spacial score (nSPS) is 12.4. The highest BCUT2D eigenvalue weighted by Crippen LogP contribution is 2.22. The monoisotopic (exact) mass is 297 g/mol. The summed E-state index contributed by atoms with van der Waals surface area (Å²) in [5.41, 5.74) is 2.16. The van der Waals surface area contributed by atoms with E-state index in [1.807, 2.05) is 32.0 Å². The number of nitrogens with one attached hydrogen (secondary N) is 1. The predicted molar refractivity (Wildman–Crippen MR) is 82.8 cm³/mol. The van der Waals surface area contributed by atoms with Crippen molar-refractivity contribution in [1.82, 2.24) is 5.32 Å². The van der Waals surface area contributed by atoms with E-state index in [4.69, 9.17) is 14.6 Å². The Kier molecular flexibility index (Phi) is 9.01. The van der Waals surface area contributed by atoms with E-state index < -0.39 is 6.10 Å². The highest BCUT2D eigenvalue weighted by atomic mass is 16.5. The van der Waals surface area contributed by atoms with E-state index in [9.17, 15) is 5.11 Å². The molecule has 0 bridgehead atoms. The van der Waals surface area contributed by atoms with Crippen molar-refractivity contribution in [1.29, 1.82) is 0 Å². The number of aliphatic hydroxyl groups excluding tert-OH is 2. The summed E-state index contributed by atoms with van der Waals surface area (Å²) in [6.45, 7) is 6.59. The summed E-state index contributed by atoms with van der Waals surface area (Å²) in [4.78, 5) is 0. The lowest BCUT2D eigenvalue weighted by Gasteiger charge is -2.16. The van der Waals surface area contributed by atoms with Gasteiger partial charge >= 0.3 is 0 Å². The Morgan fingerprint density at radius 2 is 1.90 bits per heavy atom. The Morgan fingerprint density at radius 1 is 1.19 bits per heavy atom. The molecule has 3 N–H and O–H groups in total. The molecule has 1 atom stereocenters. The average Bonchev–Trinajstić information content (AvgIpc) is 2.46. The van der Waals surface area contributed by atoms with Gasteiger partial charge in [0, 0.05) is 13.2 Å². The summed E-state index contributed by atoms with van der Waals surface area (Å²) in [7, 11) is 0. The SMILES string of the molecule is Cc1cccc(C)c1OCC(O)CNCCCOCCO. The molecule has 0 spiro atoms. The molecule has 1 aromatic carbocycles. The summed E-state index contributed by atoms with van der Waals surface area (Å²) in [5.74, 6) is 0.856. The average molecular weight is 297 g/mol. The Bertz CT molecular complexity index is 378. The number of para-hydroxylation sites is 1. The van der Waals surface area contributed by atoms with Crippen molar-refractivity contribution in [2.45, 2.75) is 26.4 Å². The van der Waals surface area contributed by atoms with Crippen molar-refractivity contribution >= 4 is 0 Å². The topological polar surface area (TPSA) is 71.0 Å². The third kappa shape index (κ3) is 7.43. The van der Waals surface area contributed by atoms with Crippen LogP contribution in [0.15, 0.2) is 18.2 Å². The van der Waals surface area contributed by atoms with Crippen LogP contribution in [0.5, 0.6) is 5.75 Å². The van der Waals surface area contributed by atoms with Gasteiger partial charge in [-0.1, -0.05) is 18.2 Å². The maximum absolute atomic E-state index is 9.88.